The molecule has 1 aromatic heterocycles. The molecular weight excluding hydrogens is 374 g/mol. The fourth-order valence-electron chi connectivity index (χ4n) is 2.11. The van der Waals surface area contributed by atoms with Gasteiger partial charge in [0.25, 0.3) is 11.6 Å². The Balaban J connectivity index is 1.81. The molecule has 1 aromatic carbocycles. The van der Waals surface area contributed by atoms with Crippen LogP contribution in [-0.4, -0.2) is 38.1 Å². The zero-order chi connectivity index (χ0) is 18.7. The Labute approximate surface area is 157 Å². The number of nitro groups is 1. The van der Waals surface area contributed by atoms with Crippen LogP contribution >= 0.6 is 23.1 Å². The van der Waals surface area contributed by atoms with Crippen LogP contribution in [0.15, 0.2) is 46.3 Å². The first-order valence-corrected chi connectivity index (χ1v) is 9.05. The lowest BCUT2D eigenvalue weighted by atomic mass is 10.1. The second-order valence-corrected chi connectivity index (χ2v) is 7.34. The number of aromatic nitrogens is 2. The van der Waals surface area contributed by atoms with Gasteiger partial charge in [-0.25, -0.2) is 0 Å². The van der Waals surface area contributed by atoms with E-state index in [-0.39, 0.29) is 11.6 Å². The number of nitrogens with zero attached hydrogens (tertiary/aromatic N) is 5. The first kappa shape index (κ1) is 18.0. The number of carbonyl (C=O) groups excluding carboxylic acids is 1. The number of hydrogen-bond acceptors (Lipinski definition) is 8. The summed E-state index contributed by atoms with van der Waals surface area (Å²) in [6, 6.07) is 6.41. The zero-order valence-corrected chi connectivity index (χ0v) is 15.5. The molecule has 132 valence electrons. The van der Waals surface area contributed by atoms with E-state index in [0.29, 0.717) is 20.8 Å². The molecule has 3 rings (SSSR count). The van der Waals surface area contributed by atoms with Crippen LogP contribution in [0.3, 0.4) is 0 Å². The maximum Gasteiger partial charge on any atom is 0.276 e. The summed E-state index contributed by atoms with van der Waals surface area (Å²) >= 11 is 2.56. The lowest BCUT2D eigenvalue weighted by Crippen LogP contribution is -2.23. The average molecular weight is 387 g/mol. The summed E-state index contributed by atoms with van der Waals surface area (Å²) in [6.07, 6.45) is 4.84. The molecule has 0 N–H and O–H groups in total. The number of benzene rings is 1. The van der Waals surface area contributed by atoms with Crippen molar-refractivity contribution in [2.45, 2.75) is 6.92 Å². The largest absolute Gasteiger partial charge is 0.289 e. The van der Waals surface area contributed by atoms with E-state index < -0.39 is 4.92 Å². The van der Waals surface area contributed by atoms with Crippen LogP contribution in [0.25, 0.3) is 6.08 Å². The molecule has 1 aliphatic rings. The van der Waals surface area contributed by atoms with Gasteiger partial charge >= 0.3 is 0 Å². The molecule has 2 aromatic rings. The summed E-state index contributed by atoms with van der Waals surface area (Å²) in [5.41, 5.74) is 0.481. The SMILES string of the molecule is Cc1nnc(/N=C2/S/C(=C\C=C\c3ccccc3[N+](=O)[O-])C(=O)N2C)s1. The Morgan fingerprint density at radius 1 is 1.31 bits per heavy atom. The molecule has 1 amide bonds. The summed E-state index contributed by atoms with van der Waals surface area (Å²) in [7, 11) is 1.63. The van der Waals surface area contributed by atoms with E-state index >= 15 is 0 Å². The van der Waals surface area contributed by atoms with Gasteiger partial charge in [-0.3, -0.25) is 19.8 Å². The third-order valence-electron chi connectivity index (χ3n) is 3.37. The van der Waals surface area contributed by atoms with E-state index in [9.17, 15) is 14.9 Å². The highest BCUT2D eigenvalue weighted by atomic mass is 32.2. The standard InChI is InChI=1S/C16H13N5O3S2/c1-10-18-19-15(25-10)17-16-20(2)14(22)13(26-16)9-5-7-11-6-3-4-8-12(11)21(23)24/h3-9H,1-2H3/b7-5+,13-9-,17-16+. The van der Waals surface area contributed by atoms with Gasteiger partial charge in [-0.1, -0.05) is 29.5 Å². The molecule has 0 radical (unpaired) electrons. The molecule has 0 aliphatic carbocycles. The van der Waals surface area contributed by atoms with Gasteiger partial charge in [0.15, 0.2) is 5.17 Å². The van der Waals surface area contributed by atoms with Gasteiger partial charge in [-0.05, 0) is 36.9 Å². The van der Waals surface area contributed by atoms with Crippen molar-refractivity contribution in [2.75, 3.05) is 7.05 Å². The number of allylic oxidation sites excluding steroid dienone is 2. The fourth-order valence-corrected chi connectivity index (χ4v) is 3.65. The lowest BCUT2D eigenvalue weighted by Gasteiger charge is -2.05. The smallest absolute Gasteiger partial charge is 0.276 e. The number of likely N-dealkylation sites (N-methyl/N-ethyl adjacent to an activating group) is 1. The molecule has 0 unspecified atom stereocenters. The first-order valence-electron chi connectivity index (χ1n) is 7.42. The number of nitro benzene ring substituents is 1. The van der Waals surface area contributed by atoms with Crippen LogP contribution in [-0.2, 0) is 4.79 Å². The van der Waals surface area contributed by atoms with E-state index in [0.717, 1.165) is 5.01 Å². The Kier molecular flexibility index (Phi) is 5.24. The topological polar surface area (TPSA) is 102 Å². The first-order chi connectivity index (χ1) is 12.5. The van der Waals surface area contributed by atoms with Crippen molar-refractivity contribution in [1.82, 2.24) is 15.1 Å². The predicted octanol–water partition coefficient (Wildman–Crippen LogP) is 3.54. The Bertz CT molecular complexity index is 964. The summed E-state index contributed by atoms with van der Waals surface area (Å²) in [5.74, 6) is -0.192. The fraction of sp³-hybridized carbons (Fsp3) is 0.125. The van der Waals surface area contributed by atoms with Crippen molar-refractivity contribution in [3.8, 4) is 0 Å². The van der Waals surface area contributed by atoms with Gasteiger partial charge in [0, 0.05) is 13.1 Å². The monoisotopic (exact) mass is 387 g/mol. The molecular formula is C16H13N5O3S2. The molecule has 8 nitrogen and oxygen atoms in total. The second-order valence-electron chi connectivity index (χ2n) is 5.17. The number of para-hydroxylation sites is 1. The molecule has 0 bridgehead atoms. The van der Waals surface area contributed by atoms with Crippen LogP contribution in [0.2, 0.25) is 0 Å². The second kappa shape index (κ2) is 7.58. The van der Waals surface area contributed by atoms with E-state index in [1.165, 1.54) is 34.1 Å². The highest BCUT2D eigenvalue weighted by Crippen LogP contribution is 2.32. The molecule has 10 heteroatoms. The van der Waals surface area contributed by atoms with E-state index in [4.69, 9.17) is 0 Å². The normalized spacial score (nSPS) is 17.8. The number of amidine groups is 1. The Morgan fingerprint density at radius 3 is 2.77 bits per heavy atom. The van der Waals surface area contributed by atoms with Crippen molar-refractivity contribution in [2.24, 2.45) is 4.99 Å². The molecule has 1 aliphatic heterocycles. The van der Waals surface area contributed by atoms with Gasteiger partial charge in [-0.2, -0.15) is 4.99 Å². The Hall–Kier alpha value is -2.85. The highest BCUT2D eigenvalue weighted by molar-refractivity contribution is 8.18. The number of rotatable bonds is 4. The summed E-state index contributed by atoms with van der Waals surface area (Å²) in [4.78, 5) is 29.1. The van der Waals surface area contributed by atoms with Crippen molar-refractivity contribution in [3.05, 3.63) is 62.0 Å². The van der Waals surface area contributed by atoms with Crippen molar-refractivity contribution < 1.29 is 9.72 Å². The van der Waals surface area contributed by atoms with Crippen LogP contribution in [0.1, 0.15) is 10.6 Å². The van der Waals surface area contributed by atoms with Gasteiger partial charge < -0.3 is 0 Å². The lowest BCUT2D eigenvalue weighted by molar-refractivity contribution is -0.385. The van der Waals surface area contributed by atoms with Crippen LogP contribution in [0.4, 0.5) is 10.8 Å². The minimum atomic E-state index is -0.440. The van der Waals surface area contributed by atoms with Gasteiger partial charge in [-0.15, -0.1) is 10.2 Å². The molecule has 1 saturated heterocycles. The maximum atomic E-state index is 12.3. The Morgan fingerprint density at radius 2 is 2.08 bits per heavy atom. The molecule has 2 heterocycles. The van der Waals surface area contributed by atoms with Gasteiger partial charge in [0.05, 0.1) is 15.4 Å². The molecule has 1 fully saturated rings. The summed E-state index contributed by atoms with van der Waals surface area (Å²) < 4.78 is 0. The van der Waals surface area contributed by atoms with Crippen molar-refractivity contribution in [1.29, 1.82) is 0 Å². The van der Waals surface area contributed by atoms with Crippen LogP contribution in [0, 0.1) is 17.0 Å². The number of aliphatic imine (C=N–C) groups is 1. The molecule has 0 spiro atoms. The van der Waals surface area contributed by atoms with Crippen molar-refractivity contribution >= 4 is 51.1 Å². The van der Waals surface area contributed by atoms with Gasteiger partial charge in [0.1, 0.15) is 5.01 Å². The highest BCUT2D eigenvalue weighted by Gasteiger charge is 2.30. The minimum Gasteiger partial charge on any atom is -0.289 e. The molecule has 0 atom stereocenters. The number of aryl methyl sites for hydroxylation is 1. The number of amides is 1. The quantitative estimate of drug-likeness (QED) is 0.452. The van der Waals surface area contributed by atoms with Crippen LogP contribution < -0.4 is 0 Å². The van der Waals surface area contributed by atoms with Gasteiger partial charge in [0.2, 0.25) is 5.13 Å². The third-order valence-corrected chi connectivity index (χ3v) is 5.18. The predicted molar refractivity (Wildman–Crippen MR) is 102 cm³/mol. The maximum absolute atomic E-state index is 12.3. The summed E-state index contributed by atoms with van der Waals surface area (Å²) in [6.45, 7) is 1.83. The number of carbonyl (C=O) groups is 1. The molecule has 26 heavy (non-hydrogen) atoms. The number of thioether (sulfide) groups is 1. The minimum absolute atomic E-state index is 0.0126. The van der Waals surface area contributed by atoms with Crippen molar-refractivity contribution in [3.63, 3.8) is 0 Å². The third kappa shape index (κ3) is 3.86. The molecule has 0 saturated carbocycles. The van der Waals surface area contributed by atoms with E-state index in [2.05, 4.69) is 15.2 Å². The zero-order valence-electron chi connectivity index (χ0n) is 13.8. The summed E-state index contributed by atoms with van der Waals surface area (Å²) in [5, 5.41) is 20.6. The average Bonchev–Trinajstić information content (AvgIpc) is 3.14. The van der Waals surface area contributed by atoms with Crippen LogP contribution in [0.5, 0.6) is 0 Å². The number of hydrogen-bond donors (Lipinski definition) is 0. The van der Waals surface area contributed by atoms with E-state index in [1.807, 2.05) is 6.92 Å². The van der Waals surface area contributed by atoms with E-state index in [1.54, 1.807) is 43.5 Å².